The van der Waals surface area contributed by atoms with Crippen molar-refractivity contribution in [3.8, 4) is 0 Å². The minimum absolute atomic E-state index is 0.286. The van der Waals surface area contributed by atoms with E-state index in [9.17, 15) is 4.79 Å². The molecular weight excluding hydrogens is 184 g/mol. The lowest BCUT2D eigenvalue weighted by molar-refractivity contribution is 0.109. The predicted molar refractivity (Wildman–Crippen MR) is 52.9 cm³/mol. The lowest BCUT2D eigenvalue weighted by Crippen LogP contribution is -1.94. The Morgan fingerprint density at radius 1 is 1.31 bits per heavy atom. The Balaban J connectivity index is 2.83. The van der Waals surface area contributed by atoms with Gasteiger partial charge in [-0.05, 0) is 6.07 Å². The van der Waals surface area contributed by atoms with Crippen LogP contribution in [-0.2, 0) is 0 Å². The highest BCUT2D eigenvalue weighted by Gasteiger charge is 2.06. The van der Waals surface area contributed by atoms with E-state index >= 15 is 0 Å². The summed E-state index contributed by atoms with van der Waals surface area (Å²) in [6, 6.07) is 7.34. The first-order chi connectivity index (χ1) is 6.29. The van der Waals surface area contributed by atoms with E-state index in [0.29, 0.717) is 11.1 Å². The van der Waals surface area contributed by atoms with Crippen molar-refractivity contribution in [3.05, 3.63) is 36.0 Å². The van der Waals surface area contributed by atoms with E-state index in [1.807, 2.05) is 24.3 Å². The Morgan fingerprint density at radius 2 is 2.08 bits per heavy atom. The zero-order valence-electron chi connectivity index (χ0n) is 6.64. The molecule has 0 N–H and O–H groups in total. The second kappa shape index (κ2) is 3.14. The molecule has 64 valence electrons. The number of benzene rings is 1. The highest BCUT2D eigenvalue weighted by molar-refractivity contribution is 7.97. The Morgan fingerprint density at radius 3 is 2.85 bits per heavy atom. The molecule has 2 rings (SSSR count). The van der Waals surface area contributed by atoms with Crippen LogP contribution < -0.4 is 0 Å². The summed E-state index contributed by atoms with van der Waals surface area (Å²) in [6.45, 7) is 0. The van der Waals surface area contributed by atoms with Crippen molar-refractivity contribution < 1.29 is 4.79 Å². The Kier molecular flexibility index (Phi) is 1.98. The molecule has 0 radical (unpaired) electrons. The number of carbonyl (C=O) groups is 1. The zero-order valence-corrected chi connectivity index (χ0v) is 7.53. The van der Waals surface area contributed by atoms with Gasteiger partial charge >= 0.3 is 0 Å². The summed E-state index contributed by atoms with van der Waals surface area (Å²) < 4.78 is 0. The van der Waals surface area contributed by atoms with Crippen LogP contribution in [0.3, 0.4) is 0 Å². The van der Waals surface area contributed by atoms with Crippen LogP contribution in [0.2, 0.25) is 0 Å². The summed E-state index contributed by atoms with van der Waals surface area (Å²) in [5.41, 5.74) is 1.20. The molecule has 2 aromatic rings. The van der Waals surface area contributed by atoms with Crippen molar-refractivity contribution in [3.63, 3.8) is 0 Å². The number of hydrogen-bond donors (Lipinski definition) is 1. The SMILES string of the molecule is O=C(S)c1cnnc2ccccc12. The molecule has 1 heterocycles. The van der Waals surface area contributed by atoms with Gasteiger partial charge in [-0.1, -0.05) is 18.2 Å². The van der Waals surface area contributed by atoms with Gasteiger partial charge in [0.15, 0.2) is 0 Å². The number of rotatable bonds is 1. The number of fused-ring (bicyclic) bond motifs is 1. The molecule has 1 aromatic carbocycles. The second-order valence-corrected chi connectivity index (χ2v) is 2.99. The number of hydrogen-bond acceptors (Lipinski definition) is 3. The number of carbonyl (C=O) groups excluding carboxylic acids is 1. The second-order valence-electron chi connectivity index (χ2n) is 2.58. The number of nitrogens with zero attached hydrogens (tertiary/aromatic N) is 2. The number of aromatic nitrogens is 2. The highest BCUT2D eigenvalue weighted by atomic mass is 32.1. The van der Waals surface area contributed by atoms with E-state index in [2.05, 4.69) is 22.8 Å². The molecule has 0 amide bonds. The molecule has 0 saturated carbocycles. The molecule has 4 heteroatoms. The summed E-state index contributed by atoms with van der Waals surface area (Å²) in [5, 5.41) is 8.11. The van der Waals surface area contributed by atoms with Crippen molar-refractivity contribution >= 4 is 28.6 Å². The monoisotopic (exact) mass is 190 g/mol. The van der Waals surface area contributed by atoms with Gasteiger partial charge in [-0.15, -0.1) is 12.6 Å². The van der Waals surface area contributed by atoms with Crippen molar-refractivity contribution in [2.45, 2.75) is 0 Å². The molecule has 0 unspecified atom stereocenters. The van der Waals surface area contributed by atoms with E-state index in [-0.39, 0.29) is 5.12 Å². The van der Waals surface area contributed by atoms with Crippen molar-refractivity contribution in [1.82, 2.24) is 10.2 Å². The van der Waals surface area contributed by atoms with E-state index < -0.39 is 0 Å². The van der Waals surface area contributed by atoms with Crippen LogP contribution in [0, 0.1) is 0 Å². The maximum Gasteiger partial charge on any atom is 0.218 e. The van der Waals surface area contributed by atoms with Crippen LogP contribution in [0.1, 0.15) is 10.4 Å². The maximum absolute atomic E-state index is 11.1. The van der Waals surface area contributed by atoms with Gasteiger partial charge in [-0.3, -0.25) is 4.79 Å². The Bertz CT molecular complexity index is 465. The summed E-state index contributed by atoms with van der Waals surface area (Å²) in [7, 11) is 0. The average Bonchev–Trinajstić information content (AvgIpc) is 2.17. The van der Waals surface area contributed by atoms with Gasteiger partial charge in [0, 0.05) is 5.39 Å². The van der Waals surface area contributed by atoms with Crippen molar-refractivity contribution in [2.24, 2.45) is 0 Å². The highest BCUT2D eigenvalue weighted by Crippen LogP contribution is 2.15. The van der Waals surface area contributed by atoms with Crippen molar-refractivity contribution in [2.75, 3.05) is 0 Å². The molecule has 0 bridgehead atoms. The lowest BCUT2D eigenvalue weighted by Gasteiger charge is -1.98. The third-order valence-electron chi connectivity index (χ3n) is 1.78. The first-order valence-electron chi connectivity index (χ1n) is 3.73. The average molecular weight is 190 g/mol. The van der Waals surface area contributed by atoms with Gasteiger partial charge in [0.05, 0.1) is 17.3 Å². The van der Waals surface area contributed by atoms with E-state index in [1.54, 1.807) is 0 Å². The third-order valence-corrected chi connectivity index (χ3v) is 2.02. The molecule has 0 aliphatic rings. The first-order valence-corrected chi connectivity index (χ1v) is 4.17. The molecule has 0 aliphatic heterocycles. The minimum Gasteiger partial charge on any atom is -0.282 e. The van der Waals surface area contributed by atoms with E-state index in [1.165, 1.54) is 6.20 Å². The van der Waals surface area contributed by atoms with Gasteiger partial charge in [-0.25, -0.2) is 0 Å². The first kappa shape index (κ1) is 8.19. The van der Waals surface area contributed by atoms with Gasteiger partial charge in [0.2, 0.25) is 5.12 Å². The fourth-order valence-corrected chi connectivity index (χ4v) is 1.36. The quantitative estimate of drug-likeness (QED) is 0.696. The maximum atomic E-state index is 11.1. The van der Waals surface area contributed by atoms with Crippen molar-refractivity contribution in [1.29, 1.82) is 0 Å². The Labute approximate surface area is 80.2 Å². The number of thiol groups is 1. The lowest BCUT2D eigenvalue weighted by atomic mass is 10.1. The normalized spacial score (nSPS) is 10.2. The molecule has 0 saturated heterocycles. The summed E-state index contributed by atoms with van der Waals surface area (Å²) >= 11 is 3.76. The molecule has 0 spiro atoms. The van der Waals surface area contributed by atoms with Gasteiger partial charge in [0.1, 0.15) is 0 Å². The minimum atomic E-state index is -0.286. The van der Waals surface area contributed by atoms with Gasteiger partial charge < -0.3 is 0 Å². The largest absolute Gasteiger partial charge is 0.282 e. The van der Waals surface area contributed by atoms with E-state index in [4.69, 9.17) is 0 Å². The van der Waals surface area contributed by atoms with Crippen LogP contribution in [0.25, 0.3) is 10.9 Å². The fraction of sp³-hybridized carbons (Fsp3) is 0. The van der Waals surface area contributed by atoms with Crippen LogP contribution in [-0.4, -0.2) is 15.3 Å². The van der Waals surface area contributed by atoms with Crippen LogP contribution in [0.4, 0.5) is 0 Å². The molecule has 0 aliphatic carbocycles. The van der Waals surface area contributed by atoms with Crippen LogP contribution >= 0.6 is 12.6 Å². The van der Waals surface area contributed by atoms with E-state index in [0.717, 1.165) is 5.39 Å². The smallest absolute Gasteiger partial charge is 0.218 e. The Hall–Kier alpha value is -1.42. The topological polar surface area (TPSA) is 42.9 Å². The molecule has 0 atom stereocenters. The molecular formula is C9H6N2OS. The molecule has 3 nitrogen and oxygen atoms in total. The summed E-state index contributed by atoms with van der Waals surface area (Å²) in [5.74, 6) is 0. The van der Waals surface area contributed by atoms with Gasteiger partial charge in [-0.2, -0.15) is 10.2 Å². The van der Waals surface area contributed by atoms with Crippen LogP contribution in [0.5, 0.6) is 0 Å². The van der Waals surface area contributed by atoms with Crippen LogP contribution in [0.15, 0.2) is 30.5 Å². The summed E-state index contributed by atoms with van der Waals surface area (Å²) in [6.07, 6.45) is 1.43. The van der Waals surface area contributed by atoms with Gasteiger partial charge in [0.25, 0.3) is 0 Å². The third kappa shape index (κ3) is 1.40. The summed E-state index contributed by atoms with van der Waals surface area (Å²) in [4.78, 5) is 11.1. The zero-order chi connectivity index (χ0) is 9.26. The molecule has 0 fully saturated rings. The molecule has 13 heavy (non-hydrogen) atoms. The predicted octanol–water partition coefficient (Wildman–Crippen LogP) is 1.70. The fourth-order valence-electron chi connectivity index (χ4n) is 1.18. The molecule has 1 aromatic heterocycles. The standard InChI is InChI=1S/C9H6N2OS/c12-9(13)7-5-10-11-8-4-2-1-3-6(7)8/h1-5H,(H,12,13).